The Morgan fingerprint density at radius 1 is 1.03 bits per heavy atom. The zero-order valence-corrected chi connectivity index (χ0v) is 17.8. The third-order valence-corrected chi connectivity index (χ3v) is 7.07. The molecule has 1 saturated heterocycles. The van der Waals surface area contributed by atoms with Crippen molar-refractivity contribution in [1.82, 2.24) is 4.90 Å². The largest absolute Gasteiger partial charge is 0.465 e. The molecule has 2 heterocycles. The summed E-state index contributed by atoms with van der Waals surface area (Å²) >= 11 is 1.52. The summed E-state index contributed by atoms with van der Waals surface area (Å²) in [5.41, 5.74) is 3.43. The highest BCUT2D eigenvalue weighted by Crippen LogP contribution is 2.38. The van der Waals surface area contributed by atoms with Crippen LogP contribution in [0.3, 0.4) is 0 Å². The van der Waals surface area contributed by atoms with Crippen LogP contribution in [-0.4, -0.2) is 37.0 Å². The number of carbonyl (C=O) groups excluding carboxylic acids is 2. The van der Waals surface area contributed by atoms with Crippen molar-refractivity contribution in [3.8, 4) is 0 Å². The average Bonchev–Trinajstić information content (AvgIpc) is 3.12. The fourth-order valence-electron chi connectivity index (χ4n) is 4.28. The van der Waals surface area contributed by atoms with Gasteiger partial charge < -0.3 is 10.1 Å². The molecule has 1 aliphatic carbocycles. The van der Waals surface area contributed by atoms with Crippen LogP contribution in [-0.2, 0) is 24.1 Å². The lowest BCUT2D eigenvalue weighted by Crippen LogP contribution is -2.29. The van der Waals surface area contributed by atoms with Crippen LogP contribution in [0.1, 0.15) is 68.8 Å². The predicted octanol–water partition coefficient (Wildman–Crippen LogP) is 4.65. The highest BCUT2D eigenvalue weighted by atomic mass is 32.1. The average molecular weight is 413 g/mol. The minimum absolute atomic E-state index is 0.182. The van der Waals surface area contributed by atoms with Gasteiger partial charge in [0.1, 0.15) is 5.00 Å². The molecule has 2 aliphatic rings. The SMILES string of the molecule is COC(=O)c1c(NC(=O)c2ccc(CN3CCCCC3)cc2)sc2c1CCCC2. The summed E-state index contributed by atoms with van der Waals surface area (Å²) in [4.78, 5) is 28.8. The molecule has 0 saturated carbocycles. The van der Waals surface area contributed by atoms with Gasteiger partial charge in [-0.05, 0) is 74.9 Å². The van der Waals surface area contributed by atoms with Gasteiger partial charge in [0.25, 0.3) is 5.91 Å². The van der Waals surface area contributed by atoms with Gasteiger partial charge in [0, 0.05) is 17.0 Å². The Morgan fingerprint density at radius 2 is 1.76 bits per heavy atom. The number of aryl methyl sites for hydroxylation is 1. The van der Waals surface area contributed by atoms with Crippen molar-refractivity contribution in [3.63, 3.8) is 0 Å². The molecule has 1 amide bonds. The normalized spacial score (nSPS) is 16.9. The summed E-state index contributed by atoms with van der Waals surface area (Å²) in [5, 5.41) is 3.59. The Bertz CT molecular complexity index is 882. The Hall–Kier alpha value is -2.18. The second-order valence-corrected chi connectivity index (χ2v) is 9.00. The number of rotatable bonds is 5. The minimum Gasteiger partial charge on any atom is -0.465 e. The summed E-state index contributed by atoms with van der Waals surface area (Å²) in [6.07, 6.45) is 7.90. The molecular formula is C23H28N2O3S. The van der Waals surface area contributed by atoms with E-state index in [9.17, 15) is 9.59 Å². The molecule has 4 rings (SSSR count). The Balaban J connectivity index is 1.48. The molecule has 29 heavy (non-hydrogen) atoms. The topological polar surface area (TPSA) is 58.6 Å². The number of anilines is 1. The molecule has 0 unspecified atom stereocenters. The fourth-order valence-corrected chi connectivity index (χ4v) is 5.56. The van der Waals surface area contributed by atoms with Crippen LogP contribution in [0.4, 0.5) is 5.00 Å². The summed E-state index contributed by atoms with van der Waals surface area (Å²) in [5.74, 6) is -0.546. The highest BCUT2D eigenvalue weighted by molar-refractivity contribution is 7.17. The van der Waals surface area contributed by atoms with Crippen molar-refractivity contribution in [3.05, 3.63) is 51.4 Å². The van der Waals surface area contributed by atoms with Gasteiger partial charge in [-0.3, -0.25) is 9.69 Å². The molecule has 154 valence electrons. The Morgan fingerprint density at radius 3 is 2.48 bits per heavy atom. The number of nitrogens with one attached hydrogen (secondary N) is 1. The van der Waals surface area contributed by atoms with Crippen LogP contribution in [0, 0.1) is 0 Å². The Kier molecular flexibility index (Phi) is 6.31. The third kappa shape index (κ3) is 4.54. The van der Waals surface area contributed by atoms with Crippen LogP contribution in [0.25, 0.3) is 0 Å². The van der Waals surface area contributed by atoms with E-state index in [0.29, 0.717) is 16.1 Å². The number of fused-ring (bicyclic) bond motifs is 1. The number of amides is 1. The zero-order valence-electron chi connectivity index (χ0n) is 17.0. The van der Waals surface area contributed by atoms with Crippen molar-refractivity contribution in [2.24, 2.45) is 0 Å². The van der Waals surface area contributed by atoms with E-state index in [1.165, 1.54) is 48.1 Å². The smallest absolute Gasteiger partial charge is 0.341 e. The third-order valence-electron chi connectivity index (χ3n) is 5.86. The number of nitrogens with zero attached hydrogens (tertiary/aromatic N) is 1. The van der Waals surface area contributed by atoms with Crippen LogP contribution in [0.2, 0.25) is 0 Å². The van der Waals surface area contributed by atoms with Gasteiger partial charge in [-0.2, -0.15) is 0 Å². The second-order valence-electron chi connectivity index (χ2n) is 7.89. The van der Waals surface area contributed by atoms with E-state index in [4.69, 9.17) is 4.74 Å². The number of benzene rings is 1. The molecular weight excluding hydrogens is 384 g/mol. The van der Waals surface area contributed by atoms with Crippen LogP contribution in [0.5, 0.6) is 0 Å². The molecule has 0 bridgehead atoms. The van der Waals surface area contributed by atoms with E-state index < -0.39 is 0 Å². The number of hydrogen-bond donors (Lipinski definition) is 1. The summed E-state index contributed by atoms with van der Waals surface area (Å²) in [6, 6.07) is 7.81. The molecule has 0 radical (unpaired) electrons. The molecule has 1 aromatic heterocycles. The maximum Gasteiger partial charge on any atom is 0.341 e. The number of hydrogen-bond acceptors (Lipinski definition) is 5. The quantitative estimate of drug-likeness (QED) is 0.726. The fraction of sp³-hybridized carbons (Fsp3) is 0.478. The van der Waals surface area contributed by atoms with Crippen molar-refractivity contribution in [2.75, 3.05) is 25.5 Å². The monoisotopic (exact) mass is 412 g/mol. The standard InChI is InChI=1S/C23H28N2O3S/c1-28-23(27)20-18-7-3-4-8-19(18)29-22(20)24-21(26)17-11-9-16(10-12-17)15-25-13-5-2-6-14-25/h9-12H,2-8,13-15H2,1H3,(H,24,26). The second kappa shape index (κ2) is 9.09. The number of carbonyl (C=O) groups is 2. The summed E-state index contributed by atoms with van der Waals surface area (Å²) in [7, 11) is 1.39. The van der Waals surface area contributed by atoms with Crippen LogP contribution < -0.4 is 5.32 Å². The molecule has 1 fully saturated rings. The van der Waals surface area contributed by atoms with E-state index in [0.717, 1.165) is 50.9 Å². The maximum atomic E-state index is 12.8. The number of ether oxygens (including phenoxy) is 1. The first-order valence-corrected chi connectivity index (χ1v) is 11.3. The Labute approximate surface area is 176 Å². The molecule has 1 aromatic carbocycles. The molecule has 0 atom stereocenters. The van der Waals surface area contributed by atoms with Gasteiger partial charge in [0.05, 0.1) is 12.7 Å². The van der Waals surface area contributed by atoms with Gasteiger partial charge in [-0.25, -0.2) is 4.79 Å². The maximum absolute atomic E-state index is 12.8. The molecule has 0 spiro atoms. The van der Waals surface area contributed by atoms with Crippen molar-refractivity contribution in [1.29, 1.82) is 0 Å². The predicted molar refractivity (Wildman–Crippen MR) is 116 cm³/mol. The first-order chi connectivity index (χ1) is 14.2. The van der Waals surface area contributed by atoms with E-state index in [-0.39, 0.29) is 11.9 Å². The van der Waals surface area contributed by atoms with E-state index >= 15 is 0 Å². The minimum atomic E-state index is -0.364. The lowest BCUT2D eigenvalue weighted by molar-refractivity contribution is 0.0601. The lowest BCUT2D eigenvalue weighted by Gasteiger charge is -2.26. The van der Waals surface area contributed by atoms with E-state index in [2.05, 4.69) is 10.2 Å². The first-order valence-electron chi connectivity index (χ1n) is 10.5. The van der Waals surface area contributed by atoms with Crippen molar-refractivity contribution in [2.45, 2.75) is 51.5 Å². The molecule has 1 N–H and O–H groups in total. The lowest BCUT2D eigenvalue weighted by atomic mass is 9.95. The molecule has 2 aromatic rings. The number of methoxy groups -OCH3 is 1. The molecule has 1 aliphatic heterocycles. The van der Waals surface area contributed by atoms with Crippen molar-refractivity contribution < 1.29 is 14.3 Å². The summed E-state index contributed by atoms with van der Waals surface area (Å²) < 4.78 is 4.99. The van der Waals surface area contributed by atoms with Crippen LogP contribution in [0.15, 0.2) is 24.3 Å². The highest BCUT2D eigenvalue weighted by Gasteiger charge is 2.27. The number of esters is 1. The number of likely N-dealkylation sites (tertiary alicyclic amines) is 1. The van der Waals surface area contributed by atoms with Crippen molar-refractivity contribution >= 4 is 28.2 Å². The first kappa shape index (κ1) is 20.1. The van der Waals surface area contributed by atoms with E-state index in [1.807, 2.05) is 24.3 Å². The van der Waals surface area contributed by atoms with Crippen LogP contribution >= 0.6 is 11.3 Å². The van der Waals surface area contributed by atoms with Gasteiger partial charge in [0.15, 0.2) is 0 Å². The molecule has 6 heteroatoms. The van der Waals surface area contributed by atoms with Gasteiger partial charge in [0.2, 0.25) is 0 Å². The molecule has 5 nitrogen and oxygen atoms in total. The van der Waals surface area contributed by atoms with Gasteiger partial charge in [-0.15, -0.1) is 11.3 Å². The van der Waals surface area contributed by atoms with Gasteiger partial charge >= 0.3 is 5.97 Å². The summed E-state index contributed by atoms with van der Waals surface area (Å²) in [6.45, 7) is 3.25. The van der Waals surface area contributed by atoms with E-state index in [1.54, 1.807) is 0 Å². The zero-order chi connectivity index (χ0) is 20.2. The number of thiophene rings is 1. The number of piperidine rings is 1. The van der Waals surface area contributed by atoms with Gasteiger partial charge in [-0.1, -0.05) is 18.6 Å².